The van der Waals surface area contributed by atoms with Gasteiger partial charge in [0.2, 0.25) is 5.91 Å². The van der Waals surface area contributed by atoms with E-state index < -0.39 is 0 Å². The van der Waals surface area contributed by atoms with Crippen molar-refractivity contribution in [2.75, 3.05) is 25.0 Å². The van der Waals surface area contributed by atoms with Crippen LogP contribution >= 0.6 is 0 Å². The molecule has 1 amide bonds. The third-order valence-electron chi connectivity index (χ3n) is 5.53. The first kappa shape index (κ1) is 19.1. The Morgan fingerprint density at radius 3 is 2.21 bits per heavy atom. The maximum Gasteiger partial charge on any atom is 0.225 e. The Balaban J connectivity index is 1.32. The van der Waals surface area contributed by atoms with Gasteiger partial charge in [0.05, 0.1) is 5.69 Å². The molecule has 1 aliphatic rings. The van der Waals surface area contributed by atoms with Crippen molar-refractivity contribution in [1.29, 1.82) is 0 Å². The Morgan fingerprint density at radius 1 is 0.931 bits per heavy atom. The molecule has 2 heterocycles. The molecule has 0 bridgehead atoms. The van der Waals surface area contributed by atoms with Gasteiger partial charge in [0, 0.05) is 38.2 Å². The second-order valence-corrected chi connectivity index (χ2v) is 7.58. The third kappa shape index (κ3) is 4.62. The molecule has 148 valence electrons. The van der Waals surface area contributed by atoms with Crippen LogP contribution in [0, 0.1) is 5.92 Å². The average molecular weight is 386 g/mol. The van der Waals surface area contributed by atoms with Gasteiger partial charge in [0.15, 0.2) is 5.82 Å². The van der Waals surface area contributed by atoms with Crippen LogP contribution < -0.4 is 4.90 Å². The number of aromatic nitrogens is 2. The third-order valence-corrected chi connectivity index (χ3v) is 5.53. The summed E-state index contributed by atoms with van der Waals surface area (Å²) in [5, 5.41) is 8.81. The molecule has 4 rings (SSSR count). The highest BCUT2D eigenvalue weighted by Crippen LogP contribution is 2.24. The molecule has 0 spiro atoms. The molecule has 0 saturated carbocycles. The van der Waals surface area contributed by atoms with Crippen LogP contribution in [-0.4, -0.2) is 41.1 Å². The van der Waals surface area contributed by atoms with Crippen LogP contribution in [-0.2, 0) is 11.3 Å². The van der Waals surface area contributed by atoms with Crippen LogP contribution in [0.1, 0.15) is 18.4 Å². The van der Waals surface area contributed by atoms with Crippen molar-refractivity contribution in [3.8, 4) is 11.3 Å². The molecule has 0 radical (unpaired) electrons. The van der Waals surface area contributed by atoms with Gasteiger partial charge in [-0.2, -0.15) is 0 Å². The lowest BCUT2D eigenvalue weighted by Crippen LogP contribution is -2.41. The Morgan fingerprint density at radius 2 is 1.59 bits per heavy atom. The molecule has 1 fully saturated rings. The fourth-order valence-electron chi connectivity index (χ4n) is 3.86. The van der Waals surface area contributed by atoms with Crippen LogP contribution in [0.3, 0.4) is 0 Å². The van der Waals surface area contributed by atoms with E-state index in [1.165, 1.54) is 0 Å². The highest BCUT2D eigenvalue weighted by molar-refractivity contribution is 5.79. The molecule has 0 N–H and O–H groups in total. The molecule has 1 saturated heterocycles. The number of carbonyl (C=O) groups excluding carboxylic acids is 1. The van der Waals surface area contributed by atoms with E-state index >= 15 is 0 Å². The summed E-state index contributed by atoms with van der Waals surface area (Å²) in [6, 6.07) is 24.2. The fraction of sp³-hybridized carbons (Fsp3) is 0.292. The van der Waals surface area contributed by atoms with E-state index in [1.807, 2.05) is 72.6 Å². The van der Waals surface area contributed by atoms with Gasteiger partial charge in [0.25, 0.3) is 0 Å². The molecule has 1 aliphatic heterocycles. The molecule has 0 atom stereocenters. The van der Waals surface area contributed by atoms with Crippen molar-refractivity contribution >= 4 is 11.7 Å². The van der Waals surface area contributed by atoms with Gasteiger partial charge in [-0.1, -0.05) is 60.7 Å². The summed E-state index contributed by atoms with van der Waals surface area (Å²) >= 11 is 0. The number of piperidine rings is 1. The van der Waals surface area contributed by atoms with Crippen LogP contribution in [0.2, 0.25) is 0 Å². The molecule has 5 heteroatoms. The van der Waals surface area contributed by atoms with E-state index in [9.17, 15) is 4.79 Å². The quantitative estimate of drug-likeness (QED) is 0.665. The van der Waals surface area contributed by atoms with Crippen LogP contribution in [0.4, 0.5) is 5.82 Å². The maximum atomic E-state index is 12.8. The van der Waals surface area contributed by atoms with Gasteiger partial charge in [0.1, 0.15) is 0 Å². The Labute approximate surface area is 172 Å². The van der Waals surface area contributed by atoms with Crippen LogP contribution in [0.5, 0.6) is 0 Å². The van der Waals surface area contributed by atoms with E-state index in [4.69, 9.17) is 0 Å². The van der Waals surface area contributed by atoms with Gasteiger partial charge in [-0.3, -0.25) is 4.79 Å². The molecular weight excluding hydrogens is 360 g/mol. The van der Waals surface area contributed by atoms with Gasteiger partial charge < -0.3 is 9.80 Å². The van der Waals surface area contributed by atoms with E-state index in [0.717, 1.165) is 48.6 Å². The molecule has 3 aromatic rings. The van der Waals surface area contributed by atoms with Gasteiger partial charge >= 0.3 is 0 Å². The van der Waals surface area contributed by atoms with E-state index in [-0.39, 0.29) is 11.8 Å². The van der Waals surface area contributed by atoms with E-state index in [2.05, 4.69) is 27.2 Å². The lowest BCUT2D eigenvalue weighted by Gasteiger charge is -2.33. The van der Waals surface area contributed by atoms with Crippen molar-refractivity contribution in [2.45, 2.75) is 19.4 Å². The number of amides is 1. The predicted molar refractivity (Wildman–Crippen MR) is 115 cm³/mol. The molecule has 0 unspecified atom stereocenters. The molecule has 1 aromatic heterocycles. The van der Waals surface area contributed by atoms with Crippen molar-refractivity contribution in [3.63, 3.8) is 0 Å². The predicted octanol–water partition coefficient (Wildman–Crippen LogP) is 4.02. The summed E-state index contributed by atoms with van der Waals surface area (Å²) in [6.45, 7) is 2.32. The van der Waals surface area contributed by atoms with E-state index in [0.29, 0.717) is 6.54 Å². The van der Waals surface area contributed by atoms with Crippen LogP contribution in [0.15, 0.2) is 72.8 Å². The summed E-state index contributed by atoms with van der Waals surface area (Å²) in [4.78, 5) is 16.9. The topological polar surface area (TPSA) is 49.3 Å². The minimum Gasteiger partial charge on any atom is -0.355 e. The lowest BCUT2D eigenvalue weighted by atomic mass is 9.95. The van der Waals surface area contributed by atoms with Crippen molar-refractivity contribution < 1.29 is 4.79 Å². The van der Waals surface area contributed by atoms with Crippen molar-refractivity contribution in [1.82, 2.24) is 15.1 Å². The standard InChI is InChI=1S/C24H26N4O/c1-27(18-19-8-4-2-5-9-19)24(29)21-14-16-28(17-15-21)23-13-12-22(25-26-23)20-10-6-3-7-11-20/h2-13,21H,14-18H2,1H3. The first-order valence-electron chi connectivity index (χ1n) is 10.1. The van der Waals surface area contributed by atoms with Gasteiger partial charge in [-0.15, -0.1) is 10.2 Å². The monoisotopic (exact) mass is 386 g/mol. The highest BCUT2D eigenvalue weighted by atomic mass is 16.2. The molecule has 5 nitrogen and oxygen atoms in total. The molecule has 2 aromatic carbocycles. The maximum absolute atomic E-state index is 12.8. The Bertz CT molecular complexity index is 920. The zero-order valence-electron chi connectivity index (χ0n) is 16.7. The zero-order valence-corrected chi connectivity index (χ0v) is 16.7. The highest BCUT2D eigenvalue weighted by Gasteiger charge is 2.27. The Kier molecular flexibility index (Phi) is 5.84. The zero-order chi connectivity index (χ0) is 20.1. The minimum atomic E-state index is 0.0801. The first-order chi connectivity index (χ1) is 14.2. The number of benzene rings is 2. The number of rotatable bonds is 5. The summed E-state index contributed by atoms with van der Waals surface area (Å²) in [5.74, 6) is 1.20. The smallest absolute Gasteiger partial charge is 0.225 e. The number of carbonyl (C=O) groups is 1. The van der Waals surface area contributed by atoms with Crippen molar-refractivity contribution in [3.05, 3.63) is 78.4 Å². The van der Waals surface area contributed by atoms with Crippen LogP contribution in [0.25, 0.3) is 11.3 Å². The largest absolute Gasteiger partial charge is 0.355 e. The Hall–Kier alpha value is -3.21. The number of hydrogen-bond donors (Lipinski definition) is 0. The second kappa shape index (κ2) is 8.86. The average Bonchev–Trinajstić information content (AvgIpc) is 2.80. The summed E-state index contributed by atoms with van der Waals surface area (Å²) in [6.07, 6.45) is 1.69. The molecule has 29 heavy (non-hydrogen) atoms. The molecule has 0 aliphatic carbocycles. The minimum absolute atomic E-state index is 0.0801. The lowest BCUT2D eigenvalue weighted by molar-refractivity contribution is -0.135. The van der Waals surface area contributed by atoms with Gasteiger partial charge in [-0.25, -0.2) is 0 Å². The van der Waals surface area contributed by atoms with Gasteiger partial charge in [-0.05, 0) is 30.5 Å². The summed E-state index contributed by atoms with van der Waals surface area (Å²) < 4.78 is 0. The number of anilines is 1. The van der Waals surface area contributed by atoms with Crippen molar-refractivity contribution in [2.24, 2.45) is 5.92 Å². The normalized spacial score (nSPS) is 14.6. The van der Waals surface area contributed by atoms with E-state index in [1.54, 1.807) is 0 Å². The second-order valence-electron chi connectivity index (χ2n) is 7.58. The first-order valence-corrected chi connectivity index (χ1v) is 10.1. The summed E-state index contributed by atoms with van der Waals surface area (Å²) in [7, 11) is 1.90. The molecular formula is C24H26N4O. The number of hydrogen-bond acceptors (Lipinski definition) is 4. The number of nitrogens with zero attached hydrogens (tertiary/aromatic N) is 4. The summed E-state index contributed by atoms with van der Waals surface area (Å²) in [5.41, 5.74) is 3.11. The fourth-order valence-corrected chi connectivity index (χ4v) is 3.86. The SMILES string of the molecule is CN(Cc1ccccc1)C(=O)C1CCN(c2ccc(-c3ccccc3)nn2)CC1.